The lowest BCUT2D eigenvalue weighted by Gasteiger charge is -2.29. The van der Waals surface area contributed by atoms with Crippen LogP contribution < -0.4 is 0 Å². The summed E-state index contributed by atoms with van der Waals surface area (Å²) in [5, 5.41) is 11.0. The first-order valence-electron chi connectivity index (χ1n) is 10.9. The molecule has 1 aliphatic heterocycles. The van der Waals surface area contributed by atoms with Crippen molar-refractivity contribution in [2.45, 2.75) is 31.8 Å². The summed E-state index contributed by atoms with van der Waals surface area (Å²) in [5.41, 5.74) is 4.25. The highest BCUT2D eigenvalue weighted by molar-refractivity contribution is 6.27. The molecule has 1 heterocycles. The Morgan fingerprint density at radius 1 is 0.938 bits per heavy atom. The predicted octanol–water partition coefficient (Wildman–Crippen LogP) is 3.37. The molecule has 0 aromatic heterocycles. The molecule has 5 nitrogen and oxygen atoms in total. The average molecular weight is 429 g/mol. The van der Waals surface area contributed by atoms with Crippen molar-refractivity contribution in [3.8, 4) is 0 Å². The molecular weight excluding hydrogens is 400 g/mol. The van der Waals surface area contributed by atoms with E-state index in [0.717, 1.165) is 11.1 Å². The van der Waals surface area contributed by atoms with Crippen LogP contribution in [0.1, 0.15) is 28.3 Å². The lowest BCUT2D eigenvalue weighted by molar-refractivity contribution is -0.133. The molecule has 4 rings (SSSR count). The van der Waals surface area contributed by atoms with Crippen LogP contribution in [0.3, 0.4) is 0 Å². The fourth-order valence-corrected chi connectivity index (χ4v) is 4.51. The van der Waals surface area contributed by atoms with Gasteiger partial charge >= 0.3 is 0 Å². The molecule has 0 saturated carbocycles. The molecule has 164 valence electrons. The summed E-state index contributed by atoms with van der Waals surface area (Å²) in [6.07, 6.45) is -0.276. The van der Waals surface area contributed by atoms with Crippen LogP contribution in [-0.2, 0) is 29.2 Å². The van der Waals surface area contributed by atoms with Crippen molar-refractivity contribution in [3.05, 3.63) is 107 Å². The van der Waals surface area contributed by atoms with E-state index in [1.165, 1.54) is 11.1 Å². The van der Waals surface area contributed by atoms with Gasteiger partial charge in [0.2, 0.25) is 5.78 Å². The minimum atomic E-state index is -0.668. The van der Waals surface area contributed by atoms with Gasteiger partial charge in [0.25, 0.3) is 0 Å². The zero-order valence-corrected chi connectivity index (χ0v) is 18.0. The van der Waals surface area contributed by atoms with Gasteiger partial charge in [-0.15, -0.1) is 0 Å². The number of carbonyl (C=O) groups is 2. The number of hydrogen-bond acceptors (Lipinski definition) is 5. The van der Waals surface area contributed by atoms with Crippen molar-refractivity contribution in [1.82, 2.24) is 9.80 Å². The number of nitrogens with zero attached hydrogens (tertiary/aromatic N) is 2. The van der Waals surface area contributed by atoms with Crippen LogP contribution in [0, 0.1) is 0 Å². The normalized spacial score (nSPS) is 16.6. The lowest BCUT2D eigenvalue weighted by Crippen LogP contribution is -2.41. The number of hydrogen-bond donors (Lipinski definition) is 1. The Balaban J connectivity index is 1.47. The maximum Gasteiger partial charge on any atom is 0.216 e. The van der Waals surface area contributed by atoms with E-state index < -0.39 is 17.9 Å². The Labute approximate surface area is 188 Å². The molecule has 1 N–H and O–H groups in total. The maximum absolute atomic E-state index is 12.4. The van der Waals surface area contributed by atoms with E-state index in [4.69, 9.17) is 0 Å². The summed E-state index contributed by atoms with van der Waals surface area (Å²) < 4.78 is 0. The second-order valence-corrected chi connectivity index (χ2v) is 8.35. The highest BCUT2D eigenvalue weighted by Crippen LogP contribution is 2.34. The number of benzene rings is 3. The van der Waals surface area contributed by atoms with Crippen molar-refractivity contribution >= 4 is 12.1 Å². The second kappa shape index (κ2) is 10.5. The Bertz CT molecular complexity index is 998. The number of rotatable bonds is 10. The first-order chi connectivity index (χ1) is 15.6. The fraction of sp³-hybridized carbons (Fsp3) is 0.259. The van der Waals surface area contributed by atoms with Crippen LogP contribution in [0.4, 0.5) is 0 Å². The summed E-state index contributed by atoms with van der Waals surface area (Å²) in [6, 6.07) is 27.5. The Morgan fingerprint density at radius 2 is 1.50 bits per heavy atom. The molecule has 2 unspecified atom stereocenters. The van der Waals surface area contributed by atoms with Crippen molar-refractivity contribution in [3.63, 3.8) is 0 Å². The number of ketones is 1. The van der Waals surface area contributed by atoms with Gasteiger partial charge < -0.3 is 5.11 Å². The summed E-state index contributed by atoms with van der Waals surface area (Å²) in [4.78, 5) is 27.8. The Morgan fingerprint density at radius 3 is 2.09 bits per heavy atom. The van der Waals surface area contributed by atoms with Gasteiger partial charge in [0.1, 0.15) is 6.04 Å². The summed E-state index contributed by atoms with van der Waals surface area (Å²) in [6.45, 7) is 2.75. The standard InChI is InChI=1S/C27H28N2O3/c30-20-26(32)27-25-14-8-7-13-23(25)17-29(27)19-24(31)18-28(15-21-9-3-1-4-10-21)16-22-11-5-2-6-12-22/h1-14,20,24,27,31H,15-19H2. The largest absolute Gasteiger partial charge is 0.390 e. The highest BCUT2D eigenvalue weighted by Gasteiger charge is 2.36. The summed E-state index contributed by atoms with van der Waals surface area (Å²) >= 11 is 0. The van der Waals surface area contributed by atoms with E-state index in [0.29, 0.717) is 39.0 Å². The first kappa shape index (κ1) is 22.1. The molecule has 0 aliphatic carbocycles. The van der Waals surface area contributed by atoms with Crippen molar-refractivity contribution in [1.29, 1.82) is 0 Å². The molecule has 0 saturated heterocycles. The molecule has 32 heavy (non-hydrogen) atoms. The highest BCUT2D eigenvalue weighted by atomic mass is 16.3. The quantitative estimate of drug-likeness (QED) is 0.396. The number of β-amino-alcohol motifs (C(OH)–C–C–N with tert-alkyl or cyclic N) is 1. The number of fused-ring (bicyclic) bond motifs is 1. The number of carbonyl (C=O) groups excluding carboxylic acids is 2. The number of aldehydes is 1. The molecule has 0 amide bonds. The monoisotopic (exact) mass is 428 g/mol. The number of aliphatic hydroxyl groups is 1. The van der Waals surface area contributed by atoms with Gasteiger partial charge in [-0.2, -0.15) is 0 Å². The molecule has 0 radical (unpaired) electrons. The topological polar surface area (TPSA) is 60.9 Å². The smallest absolute Gasteiger partial charge is 0.216 e. The van der Waals surface area contributed by atoms with E-state index in [1.807, 2.05) is 65.6 Å². The third-order valence-electron chi connectivity index (χ3n) is 5.89. The minimum Gasteiger partial charge on any atom is -0.390 e. The van der Waals surface area contributed by atoms with Crippen molar-refractivity contribution in [2.75, 3.05) is 13.1 Å². The number of aliphatic hydroxyl groups excluding tert-OH is 1. The van der Waals surface area contributed by atoms with Gasteiger partial charge in [-0.3, -0.25) is 19.4 Å². The summed E-state index contributed by atoms with van der Waals surface area (Å²) in [7, 11) is 0. The van der Waals surface area contributed by atoms with Gasteiger partial charge in [-0.05, 0) is 22.3 Å². The molecule has 1 aliphatic rings. The number of Topliss-reactive ketones (excluding diaryl/α,β-unsaturated/α-hetero) is 1. The van der Waals surface area contributed by atoms with Crippen molar-refractivity contribution in [2.24, 2.45) is 0 Å². The zero-order chi connectivity index (χ0) is 22.3. The molecule has 3 aromatic rings. The predicted molar refractivity (Wildman–Crippen MR) is 124 cm³/mol. The SMILES string of the molecule is O=CC(=O)C1c2ccccc2CN1CC(O)CN(Cc1ccccc1)Cc1ccccc1. The van der Waals surface area contributed by atoms with Gasteiger partial charge in [0.15, 0.2) is 6.29 Å². The first-order valence-corrected chi connectivity index (χ1v) is 10.9. The molecular formula is C27H28N2O3. The maximum atomic E-state index is 12.4. The zero-order valence-electron chi connectivity index (χ0n) is 18.0. The van der Waals surface area contributed by atoms with Gasteiger partial charge in [-0.1, -0.05) is 84.9 Å². The molecule has 0 bridgehead atoms. The van der Waals surface area contributed by atoms with Crippen LogP contribution in [0.2, 0.25) is 0 Å². The molecule has 3 aromatic carbocycles. The molecule has 5 heteroatoms. The Hall–Kier alpha value is -3.12. The van der Waals surface area contributed by atoms with Crippen LogP contribution >= 0.6 is 0 Å². The summed E-state index contributed by atoms with van der Waals surface area (Å²) in [5.74, 6) is -0.465. The third kappa shape index (κ3) is 5.37. The Kier molecular flexibility index (Phi) is 7.22. The van der Waals surface area contributed by atoms with Gasteiger partial charge in [0.05, 0.1) is 6.10 Å². The van der Waals surface area contributed by atoms with E-state index in [9.17, 15) is 14.7 Å². The van der Waals surface area contributed by atoms with Crippen molar-refractivity contribution < 1.29 is 14.7 Å². The van der Waals surface area contributed by atoms with Crippen LogP contribution in [0.25, 0.3) is 0 Å². The molecule has 0 spiro atoms. The van der Waals surface area contributed by atoms with Crippen LogP contribution in [-0.4, -0.2) is 46.2 Å². The lowest BCUT2D eigenvalue weighted by atomic mass is 10.0. The fourth-order valence-electron chi connectivity index (χ4n) is 4.51. The second-order valence-electron chi connectivity index (χ2n) is 8.35. The minimum absolute atomic E-state index is 0.318. The van der Waals surface area contributed by atoms with E-state index in [-0.39, 0.29) is 0 Å². The molecule has 2 atom stereocenters. The van der Waals surface area contributed by atoms with Gasteiger partial charge in [0, 0.05) is 32.7 Å². The van der Waals surface area contributed by atoms with Gasteiger partial charge in [-0.25, -0.2) is 0 Å². The molecule has 0 fully saturated rings. The average Bonchev–Trinajstić information content (AvgIpc) is 3.17. The van der Waals surface area contributed by atoms with E-state index >= 15 is 0 Å². The van der Waals surface area contributed by atoms with Crippen LogP contribution in [0.15, 0.2) is 84.9 Å². The van der Waals surface area contributed by atoms with E-state index in [2.05, 4.69) is 29.2 Å². The van der Waals surface area contributed by atoms with E-state index in [1.54, 1.807) is 0 Å². The van der Waals surface area contributed by atoms with Crippen LogP contribution in [0.5, 0.6) is 0 Å². The third-order valence-corrected chi connectivity index (χ3v) is 5.89.